The van der Waals surface area contributed by atoms with E-state index in [2.05, 4.69) is 73.3 Å². The van der Waals surface area contributed by atoms with Crippen molar-refractivity contribution in [3.05, 3.63) is 60.7 Å². The van der Waals surface area contributed by atoms with Crippen LogP contribution in [0.25, 0.3) is 11.8 Å². The molecule has 1 aromatic rings. The number of fused-ring (bicyclic) bond motifs is 1. The lowest BCUT2D eigenvalue weighted by Gasteiger charge is -2.36. The normalized spacial score (nSPS) is 23.8. The zero-order chi connectivity index (χ0) is 19.9. The van der Waals surface area contributed by atoms with Crippen molar-refractivity contribution in [2.45, 2.75) is 64.0 Å². The molecular formula is C26H38N2. The highest BCUT2D eigenvalue weighted by atomic mass is 15.2. The third-order valence-electron chi connectivity index (χ3n) is 6.68. The van der Waals surface area contributed by atoms with Crippen molar-refractivity contribution >= 4 is 11.8 Å². The van der Waals surface area contributed by atoms with E-state index in [-0.39, 0.29) is 0 Å². The van der Waals surface area contributed by atoms with E-state index in [0.29, 0.717) is 12.1 Å². The fraction of sp³-hybridized carbons (Fsp3) is 0.538. The molecule has 1 saturated heterocycles. The Labute approximate surface area is 172 Å². The zero-order valence-corrected chi connectivity index (χ0v) is 17.9. The van der Waals surface area contributed by atoms with Gasteiger partial charge in [0.15, 0.2) is 0 Å². The maximum absolute atomic E-state index is 4.46. The zero-order valence-electron chi connectivity index (χ0n) is 17.9. The molecular weight excluding hydrogens is 340 g/mol. The van der Waals surface area contributed by atoms with Crippen LogP contribution in [0, 0.1) is 5.92 Å². The molecule has 3 rings (SSSR count). The maximum atomic E-state index is 4.46. The Morgan fingerprint density at radius 3 is 2.75 bits per heavy atom. The summed E-state index contributed by atoms with van der Waals surface area (Å²) in [5, 5.41) is 0. The average Bonchev–Trinajstić information content (AvgIpc) is 3.16. The highest BCUT2D eigenvalue weighted by Gasteiger charge is 2.37. The van der Waals surface area contributed by atoms with Gasteiger partial charge in [-0.3, -0.25) is 4.90 Å². The van der Waals surface area contributed by atoms with Crippen LogP contribution in [-0.4, -0.2) is 42.0 Å². The Hall–Kier alpha value is -1.80. The summed E-state index contributed by atoms with van der Waals surface area (Å²) in [5.41, 5.74) is 3.55. The number of unbranched alkanes of at least 4 members (excludes halogenated alkanes) is 4. The smallest absolute Gasteiger partial charge is 0.0503 e. The molecule has 3 unspecified atom stereocenters. The van der Waals surface area contributed by atoms with Gasteiger partial charge in [0, 0.05) is 23.8 Å². The molecule has 1 aliphatic carbocycles. The molecule has 0 saturated carbocycles. The lowest BCUT2D eigenvalue weighted by molar-refractivity contribution is 0.216. The molecule has 1 fully saturated rings. The maximum Gasteiger partial charge on any atom is 0.0503 e. The number of likely N-dealkylation sites (tertiary alicyclic amines) is 1. The van der Waals surface area contributed by atoms with E-state index in [1.54, 1.807) is 0 Å². The summed E-state index contributed by atoms with van der Waals surface area (Å²) in [7, 11) is 2.31. The molecule has 1 aliphatic heterocycles. The molecule has 2 aliphatic rings. The van der Waals surface area contributed by atoms with E-state index in [1.807, 2.05) is 6.08 Å². The Morgan fingerprint density at radius 2 is 1.96 bits per heavy atom. The number of nitrogens with zero attached hydrogens (tertiary/aromatic N) is 2. The molecule has 0 N–H and O–H groups in total. The van der Waals surface area contributed by atoms with Gasteiger partial charge in [-0.1, -0.05) is 88.3 Å². The van der Waals surface area contributed by atoms with Crippen molar-refractivity contribution in [2.24, 2.45) is 5.92 Å². The minimum atomic E-state index is 0.500. The van der Waals surface area contributed by atoms with Crippen LogP contribution in [0.5, 0.6) is 0 Å². The highest BCUT2D eigenvalue weighted by Crippen LogP contribution is 2.38. The van der Waals surface area contributed by atoms with Crippen LogP contribution in [0.2, 0.25) is 0 Å². The fourth-order valence-electron chi connectivity index (χ4n) is 4.89. The second kappa shape index (κ2) is 10.1. The number of likely N-dealkylation sites (N-methyl/N-ethyl adjacent to an activating group) is 1. The van der Waals surface area contributed by atoms with Gasteiger partial charge >= 0.3 is 0 Å². The van der Waals surface area contributed by atoms with Crippen molar-refractivity contribution in [2.75, 3.05) is 20.1 Å². The molecule has 152 valence electrons. The predicted octanol–water partition coefficient (Wildman–Crippen LogP) is 6.22. The quantitative estimate of drug-likeness (QED) is 0.352. The van der Waals surface area contributed by atoms with Gasteiger partial charge in [-0.15, -0.1) is 0 Å². The molecule has 3 atom stereocenters. The van der Waals surface area contributed by atoms with Gasteiger partial charge in [0.05, 0.1) is 6.04 Å². The number of hydrogen-bond donors (Lipinski definition) is 0. The van der Waals surface area contributed by atoms with E-state index in [4.69, 9.17) is 0 Å². The van der Waals surface area contributed by atoms with Crippen molar-refractivity contribution in [1.82, 2.24) is 9.80 Å². The summed E-state index contributed by atoms with van der Waals surface area (Å²) in [6.45, 7) is 13.0. The average molecular weight is 379 g/mol. The van der Waals surface area contributed by atoms with Gasteiger partial charge in [-0.05, 0) is 44.3 Å². The molecule has 28 heavy (non-hydrogen) atoms. The van der Waals surface area contributed by atoms with Crippen LogP contribution < -0.4 is 0 Å². The number of rotatable bonds is 10. The van der Waals surface area contributed by atoms with Crippen molar-refractivity contribution < 1.29 is 0 Å². The first-order valence-electron chi connectivity index (χ1n) is 11.2. The van der Waals surface area contributed by atoms with Crippen molar-refractivity contribution in [3.63, 3.8) is 0 Å². The third kappa shape index (κ3) is 4.78. The minimum Gasteiger partial charge on any atom is -0.365 e. The lowest BCUT2D eigenvalue weighted by atomic mass is 9.86. The van der Waals surface area contributed by atoms with Crippen LogP contribution in [0.1, 0.15) is 63.0 Å². The van der Waals surface area contributed by atoms with Crippen LogP contribution in [-0.2, 0) is 0 Å². The molecule has 0 amide bonds. The number of benzene rings is 1. The van der Waals surface area contributed by atoms with Gasteiger partial charge in [-0.25, -0.2) is 0 Å². The largest absolute Gasteiger partial charge is 0.365 e. The summed E-state index contributed by atoms with van der Waals surface area (Å²) in [6, 6.07) is 9.57. The predicted molar refractivity (Wildman–Crippen MR) is 123 cm³/mol. The van der Waals surface area contributed by atoms with E-state index < -0.39 is 0 Å². The second-order valence-electron chi connectivity index (χ2n) is 8.55. The van der Waals surface area contributed by atoms with Gasteiger partial charge in [0.1, 0.15) is 0 Å². The van der Waals surface area contributed by atoms with Gasteiger partial charge in [-0.2, -0.15) is 0 Å². The molecule has 1 heterocycles. The summed E-state index contributed by atoms with van der Waals surface area (Å²) >= 11 is 0. The Morgan fingerprint density at radius 1 is 1.18 bits per heavy atom. The van der Waals surface area contributed by atoms with E-state index >= 15 is 0 Å². The summed E-state index contributed by atoms with van der Waals surface area (Å²) in [5.74, 6) is 0.741. The molecule has 0 radical (unpaired) electrons. The minimum absolute atomic E-state index is 0.500. The van der Waals surface area contributed by atoms with Crippen molar-refractivity contribution in [1.29, 1.82) is 0 Å². The molecule has 1 aromatic carbocycles. The highest BCUT2D eigenvalue weighted by molar-refractivity contribution is 5.72. The molecule has 2 heteroatoms. The van der Waals surface area contributed by atoms with Crippen LogP contribution in [0.3, 0.4) is 0 Å². The summed E-state index contributed by atoms with van der Waals surface area (Å²) in [6.07, 6.45) is 16.2. The first kappa shape index (κ1) is 20.9. The second-order valence-corrected chi connectivity index (χ2v) is 8.55. The monoisotopic (exact) mass is 378 g/mol. The van der Waals surface area contributed by atoms with E-state index in [9.17, 15) is 0 Å². The summed E-state index contributed by atoms with van der Waals surface area (Å²) < 4.78 is 0. The standard InChI is InChI=1S/C26H38N2/c1-5-7-8-9-12-18-27(4)24-15-16-26-23(20-24)17-19-28(26)21(3)25-14-11-10-13-22(25)6-2/h6,10-11,13-16,23-24,26H,2-3,5,7-9,12,17-20H2,1,4H3. The fourth-order valence-corrected chi connectivity index (χ4v) is 4.89. The van der Waals surface area contributed by atoms with Gasteiger partial charge in [0.25, 0.3) is 0 Å². The number of hydrogen-bond acceptors (Lipinski definition) is 2. The molecule has 0 bridgehead atoms. The van der Waals surface area contributed by atoms with E-state index in [0.717, 1.165) is 18.2 Å². The first-order chi connectivity index (χ1) is 13.7. The SMILES string of the molecule is C=Cc1ccccc1C(=C)N1CCC2CC(N(C)CCCCCCC)C=CC21. The van der Waals surface area contributed by atoms with Gasteiger partial charge in [0.2, 0.25) is 0 Å². The molecule has 0 spiro atoms. The van der Waals surface area contributed by atoms with Crippen molar-refractivity contribution in [3.8, 4) is 0 Å². The summed E-state index contributed by atoms with van der Waals surface area (Å²) in [4.78, 5) is 5.09. The topological polar surface area (TPSA) is 6.48 Å². The Bertz CT molecular complexity index is 689. The van der Waals surface area contributed by atoms with Crippen LogP contribution in [0.4, 0.5) is 0 Å². The molecule has 2 nitrogen and oxygen atoms in total. The van der Waals surface area contributed by atoms with E-state index in [1.165, 1.54) is 62.6 Å². The van der Waals surface area contributed by atoms with Crippen LogP contribution >= 0.6 is 0 Å². The van der Waals surface area contributed by atoms with Gasteiger partial charge < -0.3 is 4.90 Å². The Kier molecular flexibility index (Phi) is 7.56. The Balaban J connectivity index is 1.59. The van der Waals surface area contributed by atoms with Crippen LogP contribution in [0.15, 0.2) is 49.6 Å². The molecule has 0 aromatic heterocycles. The lowest BCUT2D eigenvalue weighted by Crippen LogP contribution is -2.39. The third-order valence-corrected chi connectivity index (χ3v) is 6.68. The first-order valence-corrected chi connectivity index (χ1v) is 11.2.